The fraction of sp³-hybridized carbons (Fsp3) is 0.429. The molecular weight excluding hydrogens is 265 g/mol. The number of rotatable bonds is 4. The smallest absolute Gasteiger partial charge is 0.340 e. The molecule has 0 saturated heterocycles. The molecule has 20 heavy (non-hydrogen) atoms. The van der Waals surface area contributed by atoms with Gasteiger partial charge in [-0.05, 0) is 31.4 Å². The number of halogens is 1. The van der Waals surface area contributed by atoms with Crippen molar-refractivity contribution in [2.45, 2.75) is 24.8 Å². The Hall–Kier alpha value is -2.11. The van der Waals surface area contributed by atoms with Gasteiger partial charge in [-0.25, -0.2) is 14.0 Å². The fourth-order valence-electron chi connectivity index (χ4n) is 2.26. The molecule has 6 heteroatoms. The fourth-order valence-corrected chi connectivity index (χ4v) is 2.26. The summed E-state index contributed by atoms with van der Waals surface area (Å²) < 4.78 is 23.5. The van der Waals surface area contributed by atoms with Gasteiger partial charge in [0, 0.05) is 0 Å². The summed E-state index contributed by atoms with van der Waals surface area (Å²) in [5.74, 6) is -1.91. The van der Waals surface area contributed by atoms with Gasteiger partial charge in [-0.2, -0.15) is 0 Å². The molecule has 108 valence electrons. The van der Waals surface area contributed by atoms with Crippen LogP contribution >= 0.6 is 0 Å². The molecule has 0 heterocycles. The van der Waals surface area contributed by atoms with Gasteiger partial charge in [-0.1, -0.05) is 6.07 Å². The Labute approximate surface area is 116 Å². The highest BCUT2D eigenvalue weighted by molar-refractivity contribution is 5.91. The molecular formula is C14H16FNO4. The summed E-state index contributed by atoms with van der Waals surface area (Å²) in [5, 5.41) is 2.87. The van der Waals surface area contributed by atoms with E-state index in [1.165, 1.54) is 32.4 Å². The SMILES string of the molecule is COC(=O)c1cccc(NC2(C(=O)OC)CCC2)c1F. The Bertz CT molecular complexity index is 540. The van der Waals surface area contributed by atoms with Crippen molar-refractivity contribution in [2.24, 2.45) is 0 Å². The molecule has 0 bridgehead atoms. The second-order valence-corrected chi connectivity index (χ2v) is 4.71. The number of anilines is 1. The van der Waals surface area contributed by atoms with Gasteiger partial charge in [0.25, 0.3) is 0 Å². The van der Waals surface area contributed by atoms with Crippen LogP contribution in [0.25, 0.3) is 0 Å². The minimum atomic E-state index is -0.898. The molecule has 1 aromatic rings. The van der Waals surface area contributed by atoms with Crippen molar-refractivity contribution < 1.29 is 23.5 Å². The van der Waals surface area contributed by atoms with E-state index in [4.69, 9.17) is 4.74 Å². The normalized spacial score (nSPS) is 15.9. The van der Waals surface area contributed by atoms with Crippen LogP contribution in [0.5, 0.6) is 0 Å². The maximum absolute atomic E-state index is 14.3. The Balaban J connectivity index is 2.30. The van der Waals surface area contributed by atoms with E-state index in [2.05, 4.69) is 10.1 Å². The summed E-state index contributed by atoms with van der Waals surface area (Å²) in [4.78, 5) is 23.3. The largest absolute Gasteiger partial charge is 0.467 e. The zero-order valence-electron chi connectivity index (χ0n) is 11.4. The average molecular weight is 281 g/mol. The van der Waals surface area contributed by atoms with Crippen molar-refractivity contribution in [3.8, 4) is 0 Å². The quantitative estimate of drug-likeness (QED) is 0.856. The van der Waals surface area contributed by atoms with E-state index in [1.54, 1.807) is 0 Å². The molecule has 1 aromatic carbocycles. The van der Waals surface area contributed by atoms with Crippen LogP contribution in [-0.4, -0.2) is 31.7 Å². The predicted octanol–water partition coefficient (Wildman–Crippen LogP) is 2.12. The third-order valence-corrected chi connectivity index (χ3v) is 3.56. The van der Waals surface area contributed by atoms with Gasteiger partial charge >= 0.3 is 11.9 Å². The number of methoxy groups -OCH3 is 2. The first-order chi connectivity index (χ1) is 9.54. The van der Waals surface area contributed by atoms with E-state index in [9.17, 15) is 14.0 Å². The molecule has 0 spiro atoms. The van der Waals surface area contributed by atoms with Crippen molar-refractivity contribution in [1.82, 2.24) is 0 Å². The topological polar surface area (TPSA) is 64.6 Å². The minimum absolute atomic E-state index is 0.0954. The highest BCUT2D eigenvalue weighted by atomic mass is 19.1. The number of hydrogen-bond acceptors (Lipinski definition) is 5. The molecule has 1 aliphatic rings. The van der Waals surface area contributed by atoms with Crippen LogP contribution in [0.3, 0.4) is 0 Å². The number of benzene rings is 1. The molecule has 0 amide bonds. The molecule has 0 atom stereocenters. The zero-order valence-corrected chi connectivity index (χ0v) is 11.4. The molecule has 1 aliphatic carbocycles. The maximum Gasteiger partial charge on any atom is 0.340 e. The number of carbonyl (C=O) groups excluding carboxylic acids is 2. The number of esters is 2. The molecule has 0 aliphatic heterocycles. The standard InChI is InChI=1S/C14H16FNO4/c1-19-12(17)9-5-3-6-10(11(9)15)16-14(7-4-8-14)13(18)20-2/h3,5-6,16H,4,7-8H2,1-2H3. The lowest BCUT2D eigenvalue weighted by Crippen LogP contribution is -2.53. The average Bonchev–Trinajstić information content (AvgIpc) is 2.42. The first-order valence-corrected chi connectivity index (χ1v) is 6.27. The van der Waals surface area contributed by atoms with E-state index >= 15 is 0 Å². The molecule has 0 aromatic heterocycles. The summed E-state index contributed by atoms with van der Waals surface area (Å²) in [6, 6.07) is 4.34. The van der Waals surface area contributed by atoms with Crippen LogP contribution in [0.15, 0.2) is 18.2 Å². The van der Waals surface area contributed by atoms with E-state index in [0.717, 1.165) is 6.42 Å². The summed E-state index contributed by atoms with van der Waals surface area (Å²) >= 11 is 0. The van der Waals surface area contributed by atoms with Gasteiger partial charge < -0.3 is 14.8 Å². The van der Waals surface area contributed by atoms with Crippen molar-refractivity contribution in [3.05, 3.63) is 29.6 Å². The van der Waals surface area contributed by atoms with Gasteiger partial charge in [0.2, 0.25) is 0 Å². The molecule has 5 nitrogen and oxygen atoms in total. The highest BCUT2D eigenvalue weighted by Gasteiger charge is 2.45. The third-order valence-electron chi connectivity index (χ3n) is 3.56. The molecule has 1 saturated carbocycles. The maximum atomic E-state index is 14.3. The first kappa shape index (κ1) is 14.3. The highest BCUT2D eigenvalue weighted by Crippen LogP contribution is 2.37. The van der Waals surface area contributed by atoms with E-state index in [-0.39, 0.29) is 11.3 Å². The van der Waals surface area contributed by atoms with Crippen molar-refractivity contribution in [3.63, 3.8) is 0 Å². The number of hydrogen-bond donors (Lipinski definition) is 1. The van der Waals surface area contributed by atoms with Gasteiger partial charge in [0.05, 0.1) is 25.5 Å². The van der Waals surface area contributed by atoms with E-state index < -0.39 is 23.3 Å². The van der Waals surface area contributed by atoms with Crippen molar-refractivity contribution in [2.75, 3.05) is 19.5 Å². The van der Waals surface area contributed by atoms with Gasteiger partial charge in [-0.15, -0.1) is 0 Å². The second kappa shape index (κ2) is 5.48. The predicted molar refractivity (Wildman–Crippen MR) is 70.0 cm³/mol. The number of carbonyl (C=O) groups is 2. The van der Waals surface area contributed by atoms with Crippen LogP contribution in [0.1, 0.15) is 29.6 Å². The number of nitrogens with one attached hydrogen (secondary N) is 1. The Morgan fingerprint density at radius 2 is 1.95 bits per heavy atom. The van der Waals surface area contributed by atoms with Gasteiger partial charge in [-0.3, -0.25) is 0 Å². The van der Waals surface area contributed by atoms with E-state index in [1.807, 2.05) is 0 Å². The molecule has 1 fully saturated rings. The Kier molecular flexibility index (Phi) is 3.92. The van der Waals surface area contributed by atoms with Crippen LogP contribution in [-0.2, 0) is 14.3 Å². The minimum Gasteiger partial charge on any atom is -0.467 e. The van der Waals surface area contributed by atoms with Crippen LogP contribution in [0.4, 0.5) is 10.1 Å². The van der Waals surface area contributed by atoms with Crippen molar-refractivity contribution in [1.29, 1.82) is 0 Å². The summed E-state index contributed by atoms with van der Waals surface area (Å²) in [7, 11) is 2.48. The molecule has 0 radical (unpaired) electrons. The lowest BCUT2D eigenvalue weighted by molar-refractivity contribution is -0.149. The molecule has 2 rings (SSSR count). The zero-order chi connectivity index (χ0) is 14.8. The summed E-state index contributed by atoms with van der Waals surface area (Å²) in [5.41, 5.74) is -0.973. The van der Waals surface area contributed by atoms with E-state index in [0.29, 0.717) is 12.8 Å². The van der Waals surface area contributed by atoms with Crippen molar-refractivity contribution >= 4 is 17.6 Å². The first-order valence-electron chi connectivity index (χ1n) is 6.27. The number of ether oxygens (including phenoxy) is 2. The molecule has 0 unspecified atom stereocenters. The van der Waals surface area contributed by atoms with Gasteiger partial charge in [0.1, 0.15) is 5.54 Å². The second-order valence-electron chi connectivity index (χ2n) is 4.71. The Morgan fingerprint density at radius 3 is 2.45 bits per heavy atom. The Morgan fingerprint density at radius 1 is 1.25 bits per heavy atom. The van der Waals surface area contributed by atoms with Crippen LogP contribution < -0.4 is 5.32 Å². The van der Waals surface area contributed by atoms with Crippen LogP contribution in [0, 0.1) is 5.82 Å². The van der Waals surface area contributed by atoms with Gasteiger partial charge in [0.15, 0.2) is 5.82 Å². The summed E-state index contributed by atoms with van der Waals surface area (Å²) in [6.07, 6.45) is 2.00. The lowest BCUT2D eigenvalue weighted by Gasteiger charge is -2.40. The third kappa shape index (κ3) is 2.33. The lowest BCUT2D eigenvalue weighted by atomic mass is 9.76. The van der Waals surface area contributed by atoms with Crippen LogP contribution in [0.2, 0.25) is 0 Å². The molecule has 1 N–H and O–H groups in total. The monoisotopic (exact) mass is 281 g/mol. The summed E-state index contributed by atoms with van der Waals surface area (Å²) in [6.45, 7) is 0.